The number of nitrogens with one attached hydrogen (secondary N) is 1. The fourth-order valence-electron chi connectivity index (χ4n) is 2.59. The molecule has 0 aliphatic carbocycles. The van der Waals surface area contributed by atoms with Crippen LogP contribution in [0.5, 0.6) is 0 Å². The fraction of sp³-hybridized carbons (Fsp3) is 0.750. The molecule has 0 unspecified atom stereocenters. The minimum Gasteiger partial charge on any atom is -0.445 e. The van der Waals surface area contributed by atoms with Crippen molar-refractivity contribution in [2.24, 2.45) is 0 Å². The lowest BCUT2D eigenvalue weighted by Gasteiger charge is -2.32. The van der Waals surface area contributed by atoms with Crippen molar-refractivity contribution in [3.8, 4) is 0 Å². The monoisotopic (exact) mass is 335 g/mol. The van der Waals surface area contributed by atoms with Crippen molar-refractivity contribution in [1.29, 1.82) is 0 Å². The van der Waals surface area contributed by atoms with Gasteiger partial charge in [-0.1, -0.05) is 12.7 Å². The maximum atomic E-state index is 12.0. The molecule has 1 N–H and O–H groups in total. The Morgan fingerprint density at radius 1 is 1.52 bits per heavy atom. The molecule has 2 atom stereocenters. The first-order valence-electron chi connectivity index (χ1n) is 6.91. The molecule has 0 aromatic rings. The lowest BCUT2D eigenvalue weighted by atomic mass is 10.2. The Balaban J connectivity index is 2.02. The van der Waals surface area contributed by atoms with Crippen LogP contribution in [0.15, 0.2) is 12.7 Å². The van der Waals surface area contributed by atoms with E-state index < -0.39 is 16.3 Å². The number of rotatable bonds is 4. The van der Waals surface area contributed by atoms with E-state index in [4.69, 9.17) is 4.74 Å². The Labute approximate surface area is 130 Å². The predicted molar refractivity (Wildman–Crippen MR) is 82.5 cm³/mol. The average Bonchev–Trinajstić information content (AvgIpc) is 2.79. The molecule has 7 nitrogen and oxygen atoms in total. The van der Waals surface area contributed by atoms with Crippen molar-refractivity contribution in [3.05, 3.63) is 12.7 Å². The summed E-state index contributed by atoms with van der Waals surface area (Å²) in [5.74, 6) is 0. The molecule has 0 aromatic heterocycles. The summed E-state index contributed by atoms with van der Waals surface area (Å²) in [5.41, 5.74) is 0. The van der Waals surface area contributed by atoms with Gasteiger partial charge in [0.2, 0.25) is 0 Å². The van der Waals surface area contributed by atoms with Crippen LogP contribution in [-0.4, -0.2) is 67.8 Å². The second-order valence-corrected chi connectivity index (χ2v) is 7.66. The largest absolute Gasteiger partial charge is 0.445 e. The molecular weight excluding hydrogens is 314 g/mol. The van der Waals surface area contributed by atoms with Gasteiger partial charge < -0.3 is 9.64 Å². The third kappa shape index (κ3) is 4.12. The molecule has 0 radical (unpaired) electrons. The normalized spacial score (nSPS) is 29.3. The summed E-state index contributed by atoms with van der Waals surface area (Å²) in [6.07, 6.45) is 2.47. The number of nitrogens with zero attached hydrogens (tertiary/aromatic N) is 2. The van der Waals surface area contributed by atoms with Crippen molar-refractivity contribution >= 4 is 28.9 Å². The van der Waals surface area contributed by atoms with Crippen LogP contribution in [0.1, 0.15) is 12.8 Å². The molecule has 0 spiro atoms. The van der Waals surface area contributed by atoms with E-state index in [9.17, 15) is 13.2 Å². The number of carbonyl (C=O) groups is 1. The van der Waals surface area contributed by atoms with E-state index in [2.05, 4.69) is 23.9 Å². The Bertz CT molecular complexity index is 497. The maximum absolute atomic E-state index is 12.0. The van der Waals surface area contributed by atoms with Crippen molar-refractivity contribution < 1.29 is 17.9 Å². The molecule has 2 rings (SSSR count). The van der Waals surface area contributed by atoms with Crippen LogP contribution >= 0.6 is 12.6 Å². The summed E-state index contributed by atoms with van der Waals surface area (Å²) in [6, 6.07) is -0.209. The van der Waals surface area contributed by atoms with Crippen LogP contribution in [-0.2, 0) is 14.9 Å². The van der Waals surface area contributed by atoms with Gasteiger partial charge in [-0.05, 0) is 12.8 Å². The van der Waals surface area contributed by atoms with E-state index >= 15 is 0 Å². The van der Waals surface area contributed by atoms with Crippen LogP contribution in [0.2, 0.25) is 0 Å². The quantitative estimate of drug-likeness (QED) is 0.569. The first kappa shape index (κ1) is 16.6. The lowest BCUT2D eigenvalue weighted by Crippen LogP contribution is -2.52. The third-order valence-corrected chi connectivity index (χ3v) is 5.53. The Morgan fingerprint density at radius 3 is 2.95 bits per heavy atom. The number of likely N-dealkylation sites (tertiary alicyclic amines) is 1. The molecule has 2 aliphatic heterocycles. The highest BCUT2D eigenvalue weighted by atomic mass is 32.2. The molecule has 120 valence electrons. The molecule has 2 aliphatic rings. The molecule has 2 saturated heterocycles. The first-order valence-corrected chi connectivity index (χ1v) is 8.87. The maximum Gasteiger partial charge on any atom is 0.410 e. The molecule has 21 heavy (non-hydrogen) atoms. The summed E-state index contributed by atoms with van der Waals surface area (Å²) in [4.78, 5) is 13.6. The number of ether oxygens (including phenoxy) is 1. The number of thiol groups is 1. The van der Waals surface area contributed by atoms with Crippen LogP contribution < -0.4 is 4.72 Å². The van der Waals surface area contributed by atoms with Crippen LogP contribution in [0.3, 0.4) is 0 Å². The van der Waals surface area contributed by atoms with E-state index in [1.165, 1.54) is 10.4 Å². The van der Waals surface area contributed by atoms with E-state index in [-0.39, 0.29) is 24.4 Å². The lowest BCUT2D eigenvalue weighted by molar-refractivity contribution is 0.103. The van der Waals surface area contributed by atoms with E-state index in [1.807, 2.05) is 0 Å². The number of hydrogen-bond acceptors (Lipinski definition) is 5. The van der Waals surface area contributed by atoms with Crippen LogP contribution in [0.25, 0.3) is 0 Å². The molecule has 0 saturated carbocycles. The highest BCUT2D eigenvalue weighted by Crippen LogP contribution is 2.24. The van der Waals surface area contributed by atoms with Crippen molar-refractivity contribution in [1.82, 2.24) is 13.9 Å². The van der Waals surface area contributed by atoms with E-state index in [1.54, 1.807) is 4.90 Å². The van der Waals surface area contributed by atoms with Crippen molar-refractivity contribution in [2.75, 3.05) is 32.8 Å². The minimum absolute atomic E-state index is 0.0340. The van der Waals surface area contributed by atoms with Gasteiger partial charge in [-0.25, -0.2) is 9.52 Å². The summed E-state index contributed by atoms with van der Waals surface area (Å²) in [5, 5.41) is 0.0340. The summed E-state index contributed by atoms with van der Waals surface area (Å²) in [6.45, 7) is 5.31. The zero-order valence-electron chi connectivity index (χ0n) is 11.8. The van der Waals surface area contributed by atoms with Crippen molar-refractivity contribution in [2.45, 2.75) is 24.1 Å². The Kier molecular flexibility index (Phi) is 5.53. The van der Waals surface area contributed by atoms with Gasteiger partial charge in [0.05, 0.1) is 6.04 Å². The molecule has 0 aromatic carbocycles. The standard InChI is InChI=1S/C12H21N3O4S2/c1-2-6-19-12(16)15-9-11(20)7-10(15)8-14-5-3-4-13-21(14,17)18/h2,10-11,13,20H,1,3-9H2/t10-,11-/m0/s1. The topological polar surface area (TPSA) is 79.0 Å². The summed E-state index contributed by atoms with van der Waals surface area (Å²) in [7, 11) is -3.43. The van der Waals surface area contributed by atoms with Crippen LogP contribution in [0.4, 0.5) is 4.79 Å². The van der Waals surface area contributed by atoms with Gasteiger partial charge in [-0.3, -0.25) is 0 Å². The highest BCUT2D eigenvalue weighted by Gasteiger charge is 2.38. The second kappa shape index (κ2) is 6.99. The fourth-order valence-corrected chi connectivity index (χ4v) is 4.34. The predicted octanol–water partition coefficient (Wildman–Crippen LogP) is 0.222. The van der Waals surface area contributed by atoms with Gasteiger partial charge in [0.25, 0.3) is 10.2 Å². The first-order chi connectivity index (χ1) is 9.94. The SMILES string of the molecule is C=CCOC(=O)N1C[C@@H](S)C[C@H]1CN1CCCNS1(=O)=O. The van der Waals surface area contributed by atoms with Gasteiger partial charge in [0.1, 0.15) is 6.61 Å². The summed E-state index contributed by atoms with van der Waals surface area (Å²) >= 11 is 4.40. The van der Waals surface area contributed by atoms with Gasteiger partial charge in [-0.2, -0.15) is 25.4 Å². The minimum atomic E-state index is -3.43. The van der Waals surface area contributed by atoms with Crippen molar-refractivity contribution in [3.63, 3.8) is 0 Å². The molecule has 2 heterocycles. The molecule has 0 bridgehead atoms. The van der Waals surface area contributed by atoms with E-state index in [0.29, 0.717) is 26.1 Å². The smallest absolute Gasteiger partial charge is 0.410 e. The molecular formula is C12H21N3O4S2. The Hall–Kier alpha value is -0.770. The van der Waals surface area contributed by atoms with Crippen LogP contribution in [0, 0.1) is 0 Å². The molecule has 2 fully saturated rings. The van der Waals surface area contributed by atoms with Gasteiger partial charge >= 0.3 is 6.09 Å². The molecule has 1 amide bonds. The summed E-state index contributed by atoms with van der Waals surface area (Å²) < 4.78 is 32.8. The Morgan fingerprint density at radius 2 is 2.29 bits per heavy atom. The number of hydrogen-bond donors (Lipinski definition) is 2. The second-order valence-electron chi connectivity index (χ2n) is 5.17. The number of carbonyl (C=O) groups excluding carboxylic acids is 1. The number of amides is 1. The van der Waals surface area contributed by atoms with Gasteiger partial charge in [0, 0.05) is 31.4 Å². The zero-order valence-corrected chi connectivity index (χ0v) is 13.5. The average molecular weight is 335 g/mol. The zero-order chi connectivity index (χ0) is 15.5. The van der Waals surface area contributed by atoms with Gasteiger partial charge in [-0.15, -0.1) is 0 Å². The highest BCUT2D eigenvalue weighted by molar-refractivity contribution is 7.87. The molecule has 9 heteroatoms. The van der Waals surface area contributed by atoms with E-state index in [0.717, 1.165) is 6.42 Å². The van der Waals surface area contributed by atoms with Gasteiger partial charge in [0.15, 0.2) is 0 Å². The third-order valence-electron chi connectivity index (χ3n) is 3.57.